The van der Waals surface area contributed by atoms with E-state index in [1.807, 2.05) is 12.1 Å². The molecule has 0 spiro atoms. The summed E-state index contributed by atoms with van der Waals surface area (Å²) in [5.41, 5.74) is 13.7. The van der Waals surface area contributed by atoms with E-state index < -0.39 is 0 Å². The number of likely N-dealkylation sites (tertiary alicyclic amines) is 1. The lowest BCUT2D eigenvalue weighted by molar-refractivity contribution is 0.145. The van der Waals surface area contributed by atoms with E-state index >= 15 is 0 Å². The van der Waals surface area contributed by atoms with Gasteiger partial charge >= 0.3 is 0 Å². The molecule has 4 N–H and O–H groups in total. The van der Waals surface area contributed by atoms with Gasteiger partial charge in [0.25, 0.3) is 0 Å². The summed E-state index contributed by atoms with van der Waals surface area (Å²) < 4.78 is 0. The zero-order valence-electron chi connectivity index (χ0n) is 10.5. The summed E-state index contributed by atoms with van der Waals surface area (Å²) in [7, 11) is 0. The molecule has 1 aliphatic heterocycles. The molecule has 1 aromatic carbocycles. The van der Waals surface area contributed by atoms with Crippen molar-refractivity contribution in [2.24, 2.45) is 5.73 Å². The third-order valence-corrected chi connectivity index (χ3v) is 3.36. The van der Waals surface area contributed by atoms with E-state index in [0.717, 1.165) is 25.3 Å². The summed E-state index contributed by atoms with van der Waals surface area (Å²) in [4.78, 5) is 2.48. The van der Waals surface area contributed by atoms with Crippen molar-refractivity contribution in [3.05, 3.63) is 29.8 Å². The highest BCUT2D eigenvalue weighted by atomic mass is 35.5. The van der Waals surface area contributed by atoms with E-state index in [4.69, 9.17) is 11.5 Å². The molecule has 1 fully saturated rings. The Morgan fingerprint density at radius 1 is 1.22 bits per heavy atom. The van der Waals surface area contributed by atoms with Gasteiger partial charge in [-0.15, -0.1) is 24.8 Å². The zero-order valence-corrected chi connectivity index (χ0v) is 12.2. The van der Waals surface area contributed by atoms with Crippen molar-refractivity contribution in [1.82, 2.24) is 4.90 Å². The maximum Gasteiger partial charge on any atom is 0.0317 e. The molecule has 1 aliphatic rings. The van der Waals surface area contributed by atoms with Crippen molar-refractivity contribution < 1.29 is 0 Å². The summed E-state index contributed by atoms with van der Waals surface area (Å²) in [6.45, 7) is 2.91. The Morgan fingerprint density at radius 3 is 2.67 bits per heavy atom. The van der Waals surface area contributed by atoms with E-state index in [2.05, 4.69) is 17.0 Å². The minimum Gasteiger partial charge on any atom is -0.399 e. The van der Waals surface area contributed by atoms with Gasteiger partial charge in [-0.1, -0.05) is 18.6 Å². The molecule has 5 heteroatoms. The molecule has 104 valence electrons. The number of halogens is 2. The molecule has 18 heavy (non-hydrogen) atoms. The van der Waals surface area contributed by atoms with Gasteiger partial charge in [0.1, 0.15) is 0 Å². The Balaban J connectivity index is 0.00000144. The fourth-order valence-electron chi connectivity index (χ4n) is 2.46. The van der Waals surface area contributed by atoms with Crippen molar-refractivity contribution in [1.29, 1.82) is 0 Å². The molecule has 1 unspecified atom stereocenters. The van der Waals surface area contributed by atoms with Crippen LogP contribution in [0.4, 0.5) is 5.69 Å². The van der Waals surface area contributed by atoms with Crippen LogP contribution in [0.5, 0.6) is 0 Å². The maximum atomic E-state index is 5.81. The molecule has 1 saturated heterocycles. The van der Waals surface area contributed by atoms with Crippen LogP contribution in [0, 0.1) is 0 Å². The van der Waals surface area contributed by atoms with Crippen molar-refractivity contribution in [3.8, 4) is 0 Å². The summed E-state index contributed by atoms with van der Waals surface area (Å²) in [5, 5.41) is 0. The van der Waals surface area contributed by atoms with Gasteiger partial charge in [-0.25, -0.2) is 0 Å². The molecule has 1 aromatic rings. The van der Waals surface area contributed by atoms with E-state index in [1.165, 1.54) is 24.8 Å². The minimum absolute atomic E-state index is 0. The second kappa shape index (κ2) is 8.59. The predicted molar refractivity (Wildman–Crippen MR) is 82.5 cm³/mol. The van der Waals surface area contributed by atoms with E-state index in [-0.39, 0.29) is 24.8 Å². The van der Waals surface area contributed by atoms with Crippen LogP contribution < -0.4 is 11.5 Å². The average Bonchev–Trinajstić information content (AvgIpc) is 2.30. The molecule has 0 radical (unpaired) electrons. The largest absolute Gasteiger partial charge is 0.399 e. The molecule has 1 atom stereocenters. The summed E-state index contributed by atoms with van der Waals surface area (Å²) in [5.74, 6) is 0. The van der Waals surface area contributed by atoms with Gasteiger partial charge in [0.05, 0.1) is 0 Å². The second-order valence-corrected chi connectivity index (χ2v) is 4.60. The van der Waals surface area contributed by atoms with Crippen LogP contribution in [0.25, 0.3) is 0 Å². The first-order chi connectivity index (χ1) is 7.79. The van der Waals surface area contributed by atoms with Crippen LogP contribution in [0.15, 0.2) is 24.3 Å². The normalized spacial score (nSPS) is 19.7. The summed E-state index contributed by atoms with van der Waals surface area (Å²) in [6.07, 6.45) is 3.84. The fraction of sp³-hybridized carbons (Fsp3) is 0.538. The number of nitrogens with two attached hydrogens (primary N) is 2. The average molecular weight is 292 g/mol. The first kappa shape index (κ1) is 17.5. The Hall–Kier alpha value is -0.480. The van der Waals surface area contributed by atoms with Crippen LogP contribution in [0.2, 0.25) is 0 Å². The van der Waals surface area contributed by atoms with Crippen molar-refractivity contribution in [3.63, 3.8) is 0 Å². The van der Waals surface area contributed by atoms with Gasteiger partial charge in [-0.05, 0) is 37.1 Å². The monoisotopic (exact) mass is 291 g/mol. The van der Waals surface area contributed by atoms with Gasteiger partial charge < -0.3 is 11.5 Å². The Morgan fingerprint density at radius 2 is 2.00 bits per heavy atom. The van der Waals surface area contributed by atoms with E-state index in [9.17, 15) is 0 Å². The van der Waals surface area contributed by atoms with Gasteiger partial charge in [-0.2, -0.15) is 0 Å². The van der Waals surface area contributed by atoms with Gasteiger partial charge in [0.2, 0.25) is 0 Å². The molecule has 2 rings (SSSR count). The standard InChI is InChI=1S/C13H21N3.2ClH/c14-9-13-6-1-2-7-16(13)10-11-4-3-5-12(15)8-11;;/h3-5,8,13H,1-2,6-7,9-10,14-15H2;2*1H. The topological polar surface area (TPSA) is 55.3 Å². The molecule has 3 nitrogen and oxygen atoms in total. The molecule has 0 amide bonds. The van der Waals surface area contributed by atoms with Crippen LogP contribution in [0.1, 0.15) is 24.8 Å². The van der Waals surface area contributed by atoms with Crippen molar-refractivity contribution in [2.45, 2.75) is 31.8 Å². The smallest absolute Gasteiger partial charge is 0.0317 e. The number of nitrogens with zero attached hydrogens (tertiary/aromatic N) is 1. The zero-order chi connectivity index (χ0) is 11.4. The van der Waals surface area contributed by atoms with Gasteiger partial charge in [-0.3, -0.25) is 4.90 Å². The fourth-order valence-corrected chi connectivity index (χ4v) is 2.46. The van der Waals surface area contributed by atoms with Crippen molar-refractivity contribution >= 4 is 30.5 Å². The molecule has 0 aliphatic carbocycles. The first-order valence-corrected chi connectivity index (χ1v) is 6.08. The lowest BCUT2D eigenvalue weighted by atomic mass is 10.0. The Bertz CT molecular complexity index is 347. The van der Waals surface area contributed by atoms with Gasteiger partial charge in [0, 0.05) is 24.8 Å². The van der Waals surface area contributed by atoms with Crippen LogP contribution in [-0.2, 0) is 6.54 Å². The summed E-state index contributed by atoms with van der Waals surface area (Å²) in [6, 6.07) is 8.70. The van der Waals surface area contributed by atoms with E-state index in [1.54, 1.807) is 0 Å². The molecule has 0 aromatic heterocycles. The summed E-state index contributed by atoms with van der Waals surface area (Å²) >= 11 is 0. The van der Waals surface area contributed by atoms with E-state index in [0.29, 0.717) is 6.04 Å². The minimum atomic E-state index is 0. The Kier molecular flexibility index (Phi) is 8.36. The van der Waals surface area contributed by atoms with Crippen LogP contribution in [0.3, 0.4) is 0 Å². The molecular formula is C13H23Cl2N3. The highest BCUT2D eigenvalue weighted by Crippen LogP contribution is 2.19. The molecular weight excluding hydrogens is 269 g/mol. The molecule has 0 saturated carbocycles. The lowest BCUT2D eigenvalue weighted by Gasteiger charge is -2.35. The SMILES string of the molecule is Cl.Cl.NCC1CCCCN1Cc1cccc(N)c1. The molecule has 1 heterocycles. The number of hydrogen-bond acceptors (Lipinski definition) is 3. The maximum absolute atomic E-state index is 5.81. The molecule has 0 bridgehead atoms. The second-order valence-electron chi connectivity index (χ2n) is 4.60. The predicted octanol–water partition coefficient (Wildman–Crippen LogP) is 2.43. The lowest BCUT2D eigenvalue weighted by Crippen LogP contribution is -2.43. The number of nitrogen functional groups attached to an aromatic ring is 1. The number of anilines is 1. The van der Waals surface area contributed by atoms with Crippen LogP contribution in [-0.4, -0.2) is 24.0 Å². The number of rotatable bonds is 3. The van der Waals surface area contributed by atoms with Crippen LogP contribution >= 0.6 is 24.8 Å². The first-order valence-electron chi connectivity index (χ1n) is 6.08. The number of piperidine rings is 1. The third kappa shape index (κ3) is 4.65. The van der Waals surface area contributed by atoms with Crippen molar-refractivity contribution in [2.75, 3.05) is 18.8 Å². The third-order valence-electron chi connectivity index (χ3n) is 3.36. The highest BCUT2D eigenvalue weighted by molar-refractivity contribution is 5.85. The highest BCUT2D eigenvalue weighted by Gasteiger charge is 2.20. The van der Waals surface area contributed by atoms with Gasteiger partial charge in [0.15, 0.2) is 0 Å². The number of hydrogen-bond donors (Lipinski definition) is 2. The Labute approximate surface area is 122 Å². The quantitative estimate of drug-likeness (QED) is 0.841. The number of benzene rings is 1.